The molecule has 0 radical (unpaired) electrons. The standard InChI is InChI=1S/C13H14F4O4S/c1-7(18)22-5-4-10(19)12(20)8-2-3-11(9(14)6-8)21-13(15,16)17/h2-3,6,10,12,19-20H,4-5H2,1H3. The van der Waals surface area contributed by atoms with E-state index in [0.717, 1.165) is 23.9 Å². The van der Waals surface area contributed by atoms with Gasteiger partial charge >= 0.3 is 6.36 Å². The number of hydrogen-bond acceptors (Lipinski definition) is 5. The molecule has 2 atom stereocenters. The highest BCUT2D eigenvalue weighted by molar-refractivity contribution is 8.13. The van der Waals surface area contributed by atoms with Gasteiger partial charge in [0.05, 0.1) is 6.10 Å². The third-order valence-corrected chi connectivity index (χ3v) is 3.45. The van der Waals surface area contributed by atoms with Crippen molar-refractivity contribution in [3.05, 3.63) is 29.6 Å². The number of aliphatic hydroxyl groups is 2. The molecule has 2 unspecified atom stereocenters. The van der Waals surface area contributed by atoms with Crippen LogP contribution in [-0.4, -0.2) is 33.5 Å². The smallest absolute Gasteiger partial charge is 0.403 e. The Balaban J connectivity index is 2.72. The molecule has 9 heteroatoms. The van der Waals surface area contributed by atoms with Crippen molar-refractivity contribution < 1.29 is 37.3 Å². The summed E-state index contributed by atoms with van der Waals surface area (Å²) in [5.41, 5.74) is -0.0904. The van der Waals surface area contributed by atoms with Gasteiger partial charge in [0, 0.05) is 12.7 Å². The molecule has 1 aromatic rings. The summed E-state index contributed by atoms with van der Waals surface area (Å²) < 4.78 is 53.0. The number of halogens is 4. The zero-order valence-electron chi connectivity index (χ0n) is 11.4. The van der Waals surface area contributed by atoms with Crippen LogP contribution in [0.1, 0.15) is 25.0 Å². The van der Waals surface area contributed by atoms with E-state index < -0.39 is 30.1 Å². The fourth-order valence-electron chi connectivity index (χ4n) is 1.61. The normalized spacial score (nSPS) is 14.5. The van der Waals surface area contributed by atoms with Gasteiger partial charge in [0.1, 0.15) is 6.10 Å². The van der Waals surface area contributed by atoms with Crippen LogP contribution in [0.3, 0.4) is 0 Å². The molecule has 0 bridgehead atoms. The van der Waals surface area contributed by atoms with Crippen LogP contribution in [0.2, 0.25) is 0 Å². The van der Waals surface area contributed by atoms with Crippen molar-refractivity contribution >= 4 is 16.9 Å². The average molecular weight is 342 g/mol. The van der Waals surface area contributed by atoms with Crippen molar-refractivity contribution in [2.75, 3.05) is 5.75 Å². The van der Waals surface area contributed by atoms with Crippen molar-refractivity contribution in [1.82, 2.24) is 0 Å². The van der Waals surface area contributed by atoms with E-state index in [-0.39, 0.29) is 22.9 Å². The molecule has 22 heavy (non-hydrogen) atoms. The van der Waals surface area contributed by atoms with E-state index in [1.54, 1.807) is 0 Å². The monoisotopic (exact) mass is 342 g/mol. The van der Waals surface area contributed by atoms with Crippen LogP contribution in [0.5, 0.6) is 5.75 Å². The number of carbonyl (C=O) groups is 1. The predicted molar refractivity (Wildman–Crippen MR) is 71.8 cm³/mol. The molecule has 0 fully saturated rings. The summed E-state index contributed by atoms with van der Waals surface area (Å²) in [6, 6.07) is 2.40. The molecule has 1 rings (SSSR count). The summed E-state index contributed by atoms with van der Waals surface area (Å²) >= 11 is 0.955. The number of ether oxygens (including phenoxy) is 1. The summed E-state index contributed by atoms with van der Waals surface area (Å²) in [4.78, 5) is 10.7. The Morgan fingerprint density at radius 1 is 1.36 bits per heavy atom. The Hall–Kier alpha value is -1.32. The first-order valence-corrected chi connectivity index (χ1v) is 7.13. The lowest BCUT2D eigenvalue weighted by Crippen LogP contribution is -2.20. The molecule has 0 saturated heterocycles. The van der Waals surface area contributed by atoms with E-state index in [1.165, 1.54) is 6.92 Å². The van der Waals surface area contributed by atoms with Crippen molar-refractivity contribution in [2.24, 2.45) is 0 Å². The zero-order valence-corrected chi connectivity index (χ0v) is 12.2. The summed E-state index contributed by atoms with van der Waals surface area (Å²) in [7, 11) is 0. The summed E-state index contributed by atoms with van der Waals surface area (Å²) in [6.45, 7) is 1.35. The third-order valence-electron chi connectivity index (χ3n) is 2.61. The van der Waals surface area contributed by atoms with E-state index in [0.29, 0.717) is 6.07 Å². The fourth-order valence-corrected chi connectivity index (χ4v) is 2.26. The van der Waals surface area contributed by atoms with E-state index in [4.69, 9.17) is 0 Å². The maximum Gasteiger partial charge on any atom is 0.573 e. The predicted octanol–water partition coefficient (Wildman–Crippen LogP) is 2.79. The highest BCUT2D eigenvalue weighted by atomic mass is 32.2. The van der Waals surface area contributed by atoms with Crippen LogP contribution in [0, 0.1) is 5.82 Å². The van der Waals surface area contributed by atoms with Gasteiger partial charge in [-0.2, -0.15) is 0 Å². The Kier molecular flexibility index (Phi) is 6.64. The Morgan fingerprint density at radius 2 is 2.00 bits per heavy atom. The second-order valence-corrected chi connectivity index (χ2v) is 5.65. The summed E-state index contributed by atoms with van der Waals surface area (Å²) in [5.74, 6) is -2.07. The molecule has 0 aromatic heterocycles. The number of alkyl halides is 3. The van der Waals surface area contributed by atoms with Gasteiger partial charge in [-0.05, 0) is 24.1 Å². The second-order valence-electron chi connectivity index (χ2n) is 4.38. The lowest BCUT2D eigenvalue weighted by molar-refractivity contribution is -0.275. The Bertz CT molecular complexity index is 521. The number of benzene rings is 1. The van der Waals surface area contributed by atoms with Crippen LogP contribution in [0.15, 0.2) is 18.2 Å². The molecule has 124 valence electrons. The van der Waals surface area contributed by atoms with Gasteiger partial charge < -0.3 is 14.9 Å². The average Bonchev–Trinajstić information content (AvgIpc) is 2.38. The Labute approximate surface area is 128 Å². The second kappa shape index (κ2) is 7.80. The van der Waals surface area contributed by atoms with Gasteiger partial charge in [-0.3, -0.25) is 4.79 Å². The quantitative estimate of drug-likeness (QED) is 0.778. The molecule has 0 spiro atoms. The molecule has 0 aliphatic rings. The van der Waals surface area contributed by atoms with Gasteiger partial charge in [-0.15, -0.1) is 13.2 Å². The minimum Gasteiger partial charge on any atom is -0.403 e. The van der Waals surface area contributed by atoms with E-state index in [1.807, 2.05) is 0 Å². The van der Waals surface area contributed by atoms with Gasteiger partial charge in [0.15, 0.2) is 16.7 Å². The van der Waals surface area contributed by atoms with Gasteiger partial charge in [-0.1, -0.05) is 17.8 Å². The van der Waals surface area contributed by atoms with Gasteiger partial charge in [-0.25, -0.2) is 4.39 Å². The largest absolute Gasteiger partial charge is 0.573 e. The SMILES string of the molecule is CC(=O)SCCC(O)C(O)c1ccc(OC(F)(F)F)c(F)c1. The molecule has 4 nitrogen and oxygen atoms in total. The minimum absolute atomic E-state index is 0.0633. The van der Waals surface area contributed by atoms with Crippen LogP contribution in [-0.2, 0) is 4.79 Å². The first-order valence-electron chi connectivity index (χ1n) is 6.15. The molecule has 0 aliphatic carbocycles. The first-order chi connectivity index (χ1) is 10.1. The first kappa shape index (κ1) is 18.7. The minimum atomic E-state index is -5.02. The maximum absolute atomic E-state index is 13.5. The van der Waals surface area contributed by atoms with Crippen LogP contribution >= 0.6 is 11.8 Å². The molecule has 1 aromatic carbocycles. The number of hydrogen-bond donors (Lipinski definition) is 2. The molecular formula is C13H14F4O4S. The molecule has 2 N–H and O–H groups in total. The van der Waals surface area contributed by atoms with Crippen molar-refractivity contribution in [1.29, 1.82) is 0 Å². The van der Waals surface area contributed by atoms with E-state index in [9.17, 15) is 32.6 Å². The lowest BCUT2D eigenvalue weighted by atomic mass is 10.0. The zero-order chi connectivity index (χ0) is 16.9. The van der Waals surface area contributed by atoms with Crippen molar-refractivity contribution in [3.63, 3.8) is 0 Å². The van der Waals surface area contributed by atoms with Crippen molar-refractivity contribution in [2.45, 2.75) is 31.9 Å². The lowest BCUT2D eigenvalue weighted by Gasteiger charge is -2.18. The summed E-state index contributed by atoms with van der Waals surface area (Å²) in [5, 5.41) is 19.4. The van der Waals surface area contributed by atoms with E-state index >= 15 is 0 Å². The highest BCUT2D eigenvalue weighted by Crippen LogP contribution is 2.29. The fraction of sp³-hybridized carbons (Fsp3) is 0.462. The molecule has 0 heterocycles. The molecular weight excluding hydrogens is 328 g/mol. The molecule has 0 aliphatic heterocycles. The maximum atomic E-state index is 13.5. The molecule has 0 saturated carbocycles. The number of thioether (sulfide) groups is 1. The van der Waals surface area contributed by atoms with E-state index in [2.05, 4.69) is 4.74 Å². The highest BCUT2D eigenvalue weighted by Gasteiger charge is 2.32. The number of carbonyl (C=O) groups excluding carboxylic acids is 1. The third kappa shape index (κ3) is 6.20. The summed E-state index contributed by atoms with van der Waals surface area (Å²) in [6.07, 6.45) is -7.72. The Morgan fingerprint density at radius 3 is 2.50 bits per heavy atom. The van der Waals surface area contributed by atoms with Crippen LogP contribution in [0.4, 0.5) is 17.6 Å². The van der Waals surface area contributed by atoms with Gasteiger partial charge in [0.2, 0.25) is 0 Å². The van der Waals surface area contributed by atoms with Gasteiger partial charge in [0.25, 0.3) is 0 Å². The van der Waals surface area contributed by atoms with Crippen LogP contribution < -0.4 is 4.74 Å². The van der Waals surface area contributed by atoms with Crippen LogP contribution in [0.25, 0.3) is 0 Å². The molecule has 0 amide bonds. The number of rotatable bonds is 6. The topological polar surface area (TPSA) is 66.8 Å². The number of aliphatic hydroxyl groups excluding tert-OH is 2. The van der Waals surface area contributed by atoms with Crippen molar-refractivity contribution in [3.8, 4) is 5.75 Å².